The summed E-state index contributed by atoms with van der Waals surface area (Å²) in [4.78, 5) is 13.5. The summed E-state index contributed by atoms with van der Waals surface area (Å²) >= 11 is 0. The van der Waals surface area contributed by atoms with Crippen molar-refractivity contribution in [1.82, 2.24) is 4.72 Å². The van der Waals surface area contributed by atoms with Crippen LogP contribution >= 0.6 is 0 Å². The molecule has 1 aliphatic heterocycles. The summed E-state index contributed by atoms with van der Waals surface area (Å²) in [5.74, 6) is -0.0523. The van der Waals surface area contributed by atoms with Gasteiger partial charge in [-0.05, 0) is 43.2 Å². The largest absolute Gasteiger partial charge is 0.495 e. The van der Waals surface area contributed by atoms with E-state index in [1.54, 1.807) is 6.07 Å². The Labute approximate surface area is 165 Å². The van der Waals surface area contributed by atoms with Crippen LogP contribution in [0.3, 0.4) is 0 Å². The number of carbonyl (C=O) groups is 1. The second kappa shape index (κ2) is 8.20. The van der Waals surface area contributed by atoms with E-state index in [4.69, 9.17) is 4.74 Å². The van der Waals surface area contributed by atoms with Gasteiger partial charge in [-0.25, -0.2) is 13.1 Å². The van der Waals surface area contributed by atoms with Crippen LogP contribution < -0.4 is 19.7 Å². The van der Waals surface area contributed by atoms with E-state index in [1.165, 1.54) is 31.7 Å². The molecule has 1 amide bonds. The molecule has 8 heteroatoms. The predicted octanol–water partition coefficient (Wildman–Crippen LogP) is 2.38. The maximum absolute atomic E-state index is 12.9. The molecule has 1 aliphatic rings. The van der Waals surface area contributed by atoms with Crippen molar-refractivity contribution >= 4 is 27.3 Å². The van der Waals surface area contributed by atoms with Gasteiger partial charge in [0.15, 0.2) is 0 Å². The molecule has 0 aromatic heterocycles. The van der Waals surface area contributed by atoms with Crippen LogP contribution in [0.25, 0.3) is 0 Å². The molecule has 2 N–H and O–H groups in total. The Kier molecular flexibility index (Phi) is 5.90. The number of hydrogen-bond acceptors (Lipinski definition) is 5. The lowest BCUT2D eigenvalue weighted by molar-refractivity contribution is -0.114. The third-order valence-corrected chi connectivity index (χ3v) is 6.24. The number of hydrogen-bond donors (Lipinski definition) is 2. The number of methoxy groups -OCH3 is 1. The van der Waals surface area contributed by atoms with E-state index in [0.717, 1.165) is 18.7 Å². The highest BCUT2D eigenvalue weighted by Gasteiger charge is 2.26. The average molecular weight is 404 g/mol. The molecule has 1 atom stereocenters. The lowest BCUT2D eigenvalue weighted by Gasteiger charge is -2.27. The Morgan fingerprint density at radius 2 is 2.00 bits per heavy atom. The summed E-state index contributed by atoms with van der Waals surface area (Å²) in [5.41, 5.74) is 2.83. The van der Waals surface area contributed by atoms with Crippen LogP contribution in [-0.4, -0.2) is 40.6 Å². The molecule has 0 unspecified atom stereocenters. The highest BCUT2D eigenvalue weighted by Crippen LogP contribution is 2.30. The van der Waals surface area contributed by atoms with Gasteiger partial charge in [0.2, 0.25) is 15.9 Å². The standard InChI is InChI=1S/C20H25N3O4S/c1-14(23-11-10-16-6-4-5-7-18(16)23)13-21-28(25,26)20-12-17(22-15(2)24)8-9-19(20)27-3/h4-9,12,14,21H,10-11,13H2,1-3H3,(H,22,24)/t14-/m1/s1. The molecule has 7 nitrogen and oxygen atoms in total. The summed E-state index contributed by atoms with van der Waals surface area (Å²) in [6.45, 7) is 4.48. The first-order chi connectivity index (χ1) is 13.3. The molecule has 0 bridgehead atoms. The Hall–Kier alpha value is -2.58. The molecule has 0 spiro atoms. The zero-order chi connectivity index (χ0) is 20.3. The van der Waals surface area contributed by atoms with E-state index in [9.17, 15) is 13.2 Å². The van der Waals surface area contributed by atoms with E-state index < -0.39 is 10.0 Å². The lowest BCUT2D eigenvalue weighted by atomic mass is 10.2. The molecule has 28 heavy (non-hydrogen) atoms. The topological polar surface area (TPSA) is 87.7 Å². The smallest absolute Gasteiger partial charge is 0.244 e. The van der Waals surface area contributed by atoms with Crippen molar-refractivity contribution in [3.8, 4) is 5.75 Å². The van der Waals surface area contributed by atoms with Gasteiger partial charge in [0.25, 0.3) is 0 Å². The Morgan fingerprint density at radius 3 is 2.71 bits per heavy atom. The van der Waals surface area contributed by atoms with Crippen LogP contribution in [0.15, 0.2) is 47.4 Å². The average Bonchev–Trinajstić information content (AvgIpc) is 3.10. The Balaban J connectivity index is 1.76. The molecule has 1 heterocycles. The predicted molar refractivity (Wildman–Crippen MR) is 109 cm³/mol. The number of nitrogens with zero attached hydrogens (tertiary/aromatic N) is 1. The number of nitrogens with one attached hydrogen (secondary N) is 2. The van der Waals surface area contributed by atoms with Crippen LogP contribution in [-0.2, 0) is 21.2 Å². The number of amides is 1. The highest BCUT2D eigenvalue weighted by atomic mass is 32.2. The fraction of sp³-hybridized carbons (Fsp3) is 0.350. The fourth-order valence-corrected chi connectivity index (χ4v) is 4.72. The molecule has 0 saturated heterocycles. The van der Waals surface area contributed by atoms with E-state index in [-0.39, 0.29) is 29.1 Å². The van der Waals surface area contributed by atoms with Crippen LogP contribution in [0.1, 0.15) is 19.4 Å². The molecule has 2 aromatic rings. The van der Waals surface area contributed by atoms with Gasteiger partial charge < -0.3 is 15.0 Å². The van der Waals surface area contributed by atoms with Crippen molar-refractivity contribution in [2.75, 3.05) is 30.4 Å². The summed E-state index contributed by atoms with van der Waals surface area (Å²) < 4.78 is 33.7. The second-order valence-electron chi connectivity index (χ2n) is 6.82. The molecule has 0 saturated carbocycles. The number of para-hydroxylation sites is 1. The molecule has 3 rings (SSSR count). The fourth-order valence-electron chi connectivity index (χ4n) is 3.41. The minimum atomic E-state index is -3.82. The first-order valence-electron chi connectivity index (χ1n) is 9.11. The third-order valence-electron chi connectivity index (χ3n) is 4.80. The monoisotopic (exact) mass is 403 g/mol. The zero-order valence-corrected chi connectivity index (χ0v) is 17.0. The quantitative estimate of drug-likeness (QED) is 0.741. The van der Waals surface area contributed by atoms with Gasteiger partial charge in [-0.2, -0.15) is 0 Å². The number of fused-ring (bicyclic) bond motifs is 1. The van der Waals surface area contributed by atoms with Crippen molar-refractivity contribution in [1.29, 1.82) is 0 Å². The molecule has 0 fully saturated rings. The van der Waals surface area contributed by atoms with Crippen molar-refractivity contribution in [2.45, 2.75) is 31.2 Å². The number of rotatable bonds is 7. The summed E-state index contributed by atoms with van der Waals surface area (Å²) in [6.07, 6.45) is 0.958. The number of benzene rings is 2. The number of ether oxygens (including phenoxy) is 1. The summed E-state index contributed by atoms with van der Waals surface area (Å²) in [5, 5.41) is 2.59. The third kappa shape index (κ3) is 4.28. The van der Waals surface area contributed by atoms with Gasteiger partial charge in [-0.3, -0.25) is 4.79 Å². The molecule has 150 valence electrons. The number of carbonyl (C=O) groups excluding carboxylic acids is 1. The lowest BCUT2D eigenvalue weighted by Crippen LogP contribution is -2.41. The summed E-state index contributed by atoms with van der Waals surface area (Å²) in [7, 11) is -2.40. The van der Waals surface area contributed by atoms with E-state index in [0.29, 0.717) is 5.69 Å². The number of sulfonamides is 1. The van der Waals surface area contributed by atoms with Crippen molar-refractivity contribution < 1.29 is 17.9 Å². The first-order valence-corrected chi connectivity index (χ1v) is 10.6. The zero-order valence-electron chi connectivity index (χ0n) is 16.2. The molecular weight excluding hydrogens is 378 g/mol. The second-order valence-corrected chi connectivity index (χ2v) is 8.56. The van der Waals surface area contributed by atoms with Crippen LogP contribution in [0, 0.1) is 0 Å². The minimum Gasteiger partial charge on any atom is -0.495 e. The van der Waals surface area contributed by atoms with Gasteiger partial charge in [0.1, 0.15) is 10.6 Å². The van der Waals surface area contributed by atoms with Gasteiger partial charge in [-0.15, -0.1) is 0 Å². The normalized spacial score (nSPS) is 14.5. The van der Waals surface area contributed by atoms with Crippen molar-refractivity contribution in [3.63, 3.8) is 0 Å². The Morgan fingerprint density at radius 1 is 1.25 bits per heavy atom. The SMILES string of the molecule is COc1ccc(NC(C)=O)cc1S(=O)(=O)NC[C@@H](C)N1CCc2ccccc21. The highest BCUT2D eigenvalue weighted by molar-refractivity contribution is 7.89. The summed E-state index contributed by atoms with van der Waals surface area (Å²) in [6, 6.07) is 12.7. The molecule has 0 aliphatic carbocycles. The molecular formula is C20H25N3O4S. The van der Waals surface area contributed by atoms with Crippen LogP contribution in [0.4, 0.5) is 11.4 Å². The van der Waals surface area contributed by atoms with Gasteiger partial charge in [0.05, 0.1) is 7.11 Å². The molecule has 2 aromatic carbocycles. The van der Waals surface area contributed by atoms with E-state index in [1.807, 2.05) is 19.1 Å². The van der Waals surface area contributed by atoms with Gasteiger partial charge >= 0.3 is 0 Å². The minimum absolute atomic E-state index is 0.00438. The van der Waals surface area contributed by atoms with Crippen molar-refractivity contribution in [2.24, 2.45) is 0 Å². The van der Waals surface area contributed by atoms with E-state index in [2.05, 4.69) is 27.1 Å². The first kappa shape index (κ1) is 20.2. The van der Waals surface area contributed by atoms with Crippen molar-refractivity contribution in [3.05, 3.63) is 48.0 Å². The van der Waals surface area contributed by atoms with Crippen LogP contribution in [0.2, 0.25) is 0 Å². The van der Waals surface area contributed by atoms with Gasteiger partial charge in [-0.1, -0.05) is 18.2 Å². The molecule has 0 radical (unpaired) electrons. The van der Waals surface area contributed by atoms with Gasteiger partial charge in [0, 0.05) is 37.4 Å². The maximum Gasteiger partial charge on any atom is 0.244 e. The van der Waals surface area contributed by atoms with E-state index >= 15 is 0 Å². The van der Waals surface area contributed by atoms with Crippen LogP contribution in [0.5, 0.6) is 5.75 Å². The Bertz CT molecular complexity index is 975. The maximum atomic E-state index is 12.9. The number of anilines is 2.